The van der Waals surface area contributed by atoms with Crippen LogP contribution < -0.4 is 9.47 Å². The minimum Gasteiger partial charge on any atom is -0.485 e. The second kappa shape index (κ2) is 7.82. The fourth-order valence-electron chi connectivity index (χ4n) is 2.82. The Hall–Kier alpha value is -3.18. The molecule has 1 heterocycles. The molecule has 0 aromatic heterocycles. The summed E-state index contributed by atoms with van der Waals surface area (Å²) in [6.07, 6.45) is 1.70. The minimum absolute atomic E-state index is 0.0850. The van der Waals surface area contributed by atoms with Crippen molar-refractivity contribution in [3.8, 4) is 11.5 Å². The van der Waals surface area contributed by atoms with Crippen LogP contribution in [-0.2, 0) is 0 Å². The molecule has 0 saturated carbocycles. The summed E-state index contributed by atoms with van der Waals surface area (Å²) >= 11 is 3.38. The van der Waals surface area contributed by atoms with Crippen molar-refractivity contribution in [1.82, 2.24) is 0 Å². The highest BCUT2D eigenvalue weighted by molar-refractivity contribution is 9.10. The third kappa shape index (κ3) is 3.89. The van der Waals surface area contributed by atoms with E-state index in [0.717, 1.165) is 10.0 Å². The molecule has 0 atom stereocenters. The van der Waals surface area contributed by atoms with Gasteiger partial charge in [0.15, 0.2) is 18.1 Å². The predicted octanol–water partition coefficient (Wildman–Crippen LogP) is 5.33. The van der Waals surface area contributed by atoms with Crippen LogP contribution in [0.4, 0.5) is 0 Å². The lowest BCUT2D eigenvalue weighted by Crippen LogP contribution is -2.11. The molecule has 0 bridgehead atoms. The molecule has 0 saturated heterocycles. The van der Waals surface area contributed by atoms with Crippen LogP contribution >= 0.6 is 15.9 Å². The van der Waals surface area contributed by atoms with Crippen molar-refractivity contribution in [3.05, 3.63) is 99.7 Å². The van der Waals surface area contributed by atoms with Gasteiger partial charge < -0.3 is 9.47 Å². The van der Waals surface area contributed by atoms with Crippen LogP contribution in [0, 0.1) is 0 Å². The molecule has 0 unspecified atom stereocenters. The molecule has 0 amide bonds. The third-order valence-corrected chi connectivity index (χ3v) is 4.80. The number of allylic oxidation sites excluding steroid dienone is 1. The van der Waals surface area contributed by atoms with Crippen molar-refractivity contribution in [1.29, 1.82) is 0 Å². The lowest BCUT2D eigenvalue weighted by Gasteiger charge is -2.06. The number of halogens is 1. The fourth-order valence-corrected chi connectivity index (χ4v) is 3.09. The van der Waals surface area contributed by atoms with Gasteiger partial charge in [0.1, 0.15) is 11.5 Å². The zero-order chi connectivity index (χ0) is 19.5. The summed E-state index contributed by atoms with van der Waals surface area (Å²) in [6.45, 7) is -0.0850. The first-order chi connectivity index (χ1) is 13.6. The second-order valence-corrected chi connectivity index (χ2v) is 7.14. The zero-order valence-corrected chi connectivity index (χ0v) is 16.3. The quantitative estimate of drug-likeness (QED) is 0.402. The normalized spacial score (nSPS) is 13.9. The van der Waals surface area contributed by atoms with Gasteiger partial charge in [-0.15, -0.1) is 0 Å². The van der Waals surface area contributed by atoms with Gasteiger partial charge in [-0.1, -0.05) is 58.4 Å². The first-order valence-electron chi connectivity index (χ1n) is 8.65. The summed E-state index contributed by atoms with van der Waals surface area (Å²) in [5, 5.41) is 0. The molecule has 0 radical (unpaired) electrons. The zero-order valence-electron chi connectivity index (χ0n) is 14.7. The van der Waals surface area contributed by atoms with Crippen LogP contribution in [0.3, 0.4) is 0 Å². The summed E-state index contributed by atoms with van der Waals surface area (Å²) in [5.41, 5.74) is 1.93. The van der Waals surface area contributed by atoms with Crippen molar-refractivity contribution >= 4 is 33.6 Å². The highest BCUT2D eigenvalue weighted by Crippen LogP contribution is 2.35. The average Bonchev–Trinajstić information content (AvgIpc) is 3.03. The number of ether oxygens (including phenoxy) is 2. The summed E-state index contributed by atoms with van der Waals surface area (Å²) in [7, 11) is 0. The van der Waals surface area contributed by atoms with E-state index in [4.69, 9.17) is 9.47 Å². The van der Waals surface area contributed by atoms with Gasteiger partial charge in [-0.25, -0.2) is 0 Å². The number of rotatable bonds is 5. The SMILES string of the molecule is O=C(COc1ccc2c(c1)OC(=Cc1ccc(Br)cc1)C2=O)c1ccccc1. The van der Waals surface area contributed by atoms with Crippen LogP contribution in [0.25, 0.3) is 6.08 Å². The number of hydrogen-bond donors (Lipinski definition) is 0. The molecule has 0 spiro atoms. The Morgan fingerprint density at radius 2 is 1.75 bits per heavy atom. The Balaban J connectivity index is 1.48. The van der Waals surface area contributed by atoms with Gasteiger partial charge in [0.2, 0.25) is 5.78 Å². The molecule has 28 heavy (non-hydrogen) atoms. The molecular weight excluding hydrogens is 420 g/mol. The van der Waals surface area contributed by atoms with Gasteiger partial charge in [-0.3, -0.25) is 9.59 Å². The molecule has 4 rings (SSSR count). The van der Waals surface area contributed by atoms with Gasteiger partial charge in [0.05, 0.1) is 5.56 Å². The number of carbonyl (C=O) groups is 2. The number of ketones is 2. The Labute approximate surface area is 170 Å². The molecule has 0 N–H and O–H groups in total. The molecular formula is C23H15BrO4. The van der Waals surface area contributed by atoms with E-state index in [-0.39, 0.29) is 23.9 Å². The molecule has 3 aromatic rings. The lowest BCUT2D eigenvalue weighted by atomic mass is 10.1. The van der Waals surface area contributed by atoms with Crippen LogP contribution in [0.1, 0.15) is 26.3 Å². The van der Waals surface area contributed by atoms with Crippen molar-refractivity contribution in [2.45, 2.75) is 0 Å². The average molecular weight is 435 g/mol. The van der Waals surface area contributed by atoms with E-state index in [0.29, 0.717) is 22.6 Å². The second-order valence-electron chi connectivity index (χ2n) is 6.23. The van der Waals surface area contributed by atoms with Crippen molar-refractivity contribution in [2.24, 2.45) is 0 Å². The van der Waals surface area contributed by atoms with Gasteiger partial charge >= 0.3 is 0 Å². The van der Waals surface area contributed by atoms with Gasteiger partial charge in [-0.2, -0.15) is 0 Å². The predicted molar refractivity (Wildman–Crippen MR) is 110 cm³/mol. The van der Waals surface area contributed by atoms with E-state index in [1.165, 1.54) is 0 Å². The smallest absolute Gasteiger partial charge is 0.231 e. The first kappa shape index (κ1) is 18.2. The molecule has 138 valence electrons. The maximum absolute atomic E-state index is 12.5. The van der Waals surface area contributed by atoms with Gasteiger partial charge in [0.25, 0.3) is 0 Å². The maximum Gasteiger partial charge on any atom is 0.231 e. The Bertz CT molecular complexity index is 1070. The van der Waals surface area contributed by atoms with Crippen molar-refractivity contribution in [2.75, 3.05) is 6.61 Å². The van der Waals surface area contributed by atoms with Crippen LogP contribution in [0.2, 0.25) is 0 Å². The maximum atomic E-state index is 12.5. The van der Waals surface area contributed by atoms with E-state index < -0.39 is 0 Å². The monoisotopic (exact) mass is 434 g/mol. The number of Topliss-reactive ketones (excluding diaryl/α,β-unsaturated/α-hetero) is 2. The van der Waals surface area contributed by atoms with Crippen molar-refractivity contribution in [3.63, 3.8) is 0 Å². The Kier molecular flexibility index (Phi) is 5.08. The van der Waals surface area contributed by atoms with Crippen LogP contribution in [0.5, 0.6) is 11.5 Å². The lowest BCUT2D eigenvalue weighted by molar-refractivity contribution is 0.0921. The number of hydrogen-bond acceptors (Lipinski definition) is 4. The largest absolute Gasteiger partial charge is 0.485 e. The first-order valence-corrected chi connectivity index (χ1v) is 9.44. The highest BCUT2D eigenvalue weighted by atomic mass is 79.9. The Morgan fingerprint density at radius 3 is 2.50 bits per heavy atom. The van der Waals surface area contributed by atoms with Gasteiger partial charge in [-0.05, 0) is 35.9 Å². The molecule has 0 aliphatic carbocycles. The standard InChI is InChI=1S/C23H15BrO4/c24-17-8-6-15(7-9-17)12-22-23(26)19-11-10-18(13-21(19)28-22)27-14-20(25)16-4-2-1-3-5-16/h1-13H,14H2. The van der Waals surface area contributed by atoms with Gasteiger partial charge in [0, 0.05) is 16.1 Å². The molecule has 0 fully saturated rings. The van der Waals surface area contributed by atoms with Crippen LogP contribution in [0.15, 0.2) is 83.0 Å². The minimum atomic E-state index is -0.176. The fraction of sp³-hybridized carbons (Fsp3) is 0.0435. The van der Waals surface area contributed by atoms with E-state index in [9.17, 15) is 9.59 Å². The number of carbonyl (C=O) groups excluding carboxylic acids is 2. The molecule has 1 aliphatic rings. The number of fused-ring (bicyclic) bond motifs is 1. The topological polar surface area (TPSA) is 52.6 Å². The van der Waals surface area contributed by atoms with Crippen LogP contribution in [-0.4, -0.2) is 18.2 Å². The summed E-state index contributed by atoms with van der Waals surface area (Å²) < 4.78 is 12.3. The van der Waals surface area contributed by atoms with E-state index in [1.54, 1.807) is 48.5 Å². The number of benzene rings is 3. The molecule has 1 aliphatic heterocycles. The summed E-state index contributed by atoms with van der Waals surface area (Å²) in [4.78, 5) is 24.7. The van der Waals surface area contributed by atoms with E-state index >= 15 is 0 Å². The third-order valence-electron chi connectivity index (χ3n) is 4.27. The molecule has 5 heteroatoms. The molecule has 3 aromatic carbocycles. The summed E-state index contributed by atoms with van der Waals surface area (Å²) in [6, 6.07) is 21.5. The van der Waals surface area contributed by atoms with Crippen molar-refractivity contribution < 1.29 is 19.1 Å². The van der Waals surface area contributed by atoms with E-state index in [2.05, 4.69) is 15.9 Å². The van der Waals surface area contributed by atoms with E-state index in [1.807, 2.05) is 30.3 Å². The molecule has 4 nitrogen and oxygen atoms in total. The Morgan fingerprint density at radius 1 is 1.00 bits per heavy atom. The highest BCUT2D eigenvalue weighted by Gasteiger charge is 2.27. The summed E-state index contributed by atoms with van der Waals surface area (Å²) in [5.74, 6) is 0.868.